The highest BCUT2D eigenvalue weighted by atomic mass is 16.8. The van der Waals surface area contributed by atoms with Crippen molar-refractivity contribution in [3.8, 4) is 0 Å². The van der Waals surface area contributed by atoms with E-state index in [-0.39, 0.29) is 20.8 Å². The highest BCUT2D eigenvalue weighted by Gasteiger charge is 2.02. The Morgan fingerprint density at radius 3 is 2.47 bits per heavy atom. The van der Waals surface area contributed by atoms with Gasteiger partial charge in [-0.3, -0.25) is 0 Å². The first kappa shape index (κ1) is 13.4. The van der Waals surface area contributed by atoms with Crippen LogP contribution in [-0.4, -0.2) is 20.1 Å². The summed E-state index contributed by atoms with van der Waals surface area (Å²) in [7, 11) is 1.43. The molecule has 0 saturated heterocycles. The van der Waals surface area contributed by atoms with Crippen molar-refractivity contribution in [1.82, 2.24) is 0 Å². The van der Waals surface area contributed by atoms with Crippen molar-refractivity contribution >= 4 is 6.16 Å². The Bertz CT molecular complexity index is 271. The standard InChI is InChI=1S/C10H12O4.CH4/c1-12-8-14-10(11)13-7-9-5-3-2-4-6-9;/h2-6H,7-8H2,1H3;1H4. The van der Waals surface area contributed by atoms with Gasteiger partial charge in [-0.1, -0.05) is 37.8 Å². The molecule has 0 radical (unpaired) electrons. The highest BCUT2D eigenvalue weighted by Crippen LogP contribution is 2.01. The summed E-state index contributed by atoms with van der Waals surface area (Å²) < 4.78 is 13.9. The maximum atomic E-state index is 10.9. The average molecular weight is 212 g/mol. The number of hydrogen-bond acceptors (Lipinski definition) is 4. The van der Waals surface area contributed by atoms with Crippen molar-refractivity contribution in [2.75, 3.05) is 13.9 Å². The Morgan fingerprint density at radius 1 is 1.20 bits per heavy atom. The Balaban J connectivity index is 0.00000196. The van der Waals surface area contributed by atoms with Crippen molar-refractivity contribution in [3.05, 3.63) is 35.9 Å². The molecule has 0 aliphatic heterocycles. The second-order valence-electron chi connectivity index (χ2n) is 2.58. The fourth-order valence-electron chi connectivity index (χ4n) is 0.865. The van der Waals surface area contributed by atoms with Gasteiger partial charge in [0.1, 0.15) is 6.61 Å². The monoisotopic (exact) mass is 212 g/mol. The molecule has 0 fully saturated rings. The molecule has 1 aromatic carbocycles. The minimum atomic E-state index is -0.726. The predicted octanol–water partition coefficient (Wildman–Crippen LogP) is 2.58. The zero-order valence-electron chi connectivity index (χ0n) is 7.93. The molecular weight excluding hydrogens is 196 g/mol. The summed E-state index contributed by atoms with van der Waals surface area (Å²) in [4.78, 5) is 10.9. The topological polar surface area (TPSA) is 44.8 Å². The lowest BCUT2D eigenvalue weighted by molar-refractivity contribution is -0.0286. The molecule has 4 nitrogen and oxygen atoms in total. The van der Waals surface area contributed by atoms with Crippen LogP contribution < -0.4 is 0 Å². The van der Waals surface area contributed by atoms with Gasteiger partial charge in [-0.15, -0.1) is 0 Å². The van der Waals surface area contributed by atoms with Gasteiger partial charge in [0.2, 0.25) is 0 Å². The van der Waals surface area contributed by atoms with E-state index in [0.717, 1.165) is 5.56 Å². The summed E-state index contributed by atoms with van der Waals surface area (Å²) in [5.74, 6) is 0. The maximum absolute atomic E-state index is 10.9. The quantitative estimate of drug-likeness (QED) is 0.568. The number of rotatable bonds is 4. The number of carbonyl (C=O) groups is 1. The molecule has 0 spiro atoms. The zero-order valence-corrected chi connectivity index (χ0v) is 7.93. The molecule has 15 heavy (non-hydrogen) atoms. The van der Waals surface area contributed by atoms with Gasteiger partial charge in [-0.05, 0) is 5.56 Å². The van der Waals surface area contributed by atoms with Gasteiger partial charge in [0.15, 0.2) is 6.79 Å². The smallest absolute Gasteiger partial charge is 0.429 e. The summed E-state index contributed by atoms with van der Waals surface area (Å²) in [5.41, 5.74) is 0.918. The SMILES string of the molecule is C.COCOC(=O)OCc1ccccc1. The molecule has 0 atom stereocenters. The second kappa shape index (κ2) is 7.82. The predicted molar refractivity (Wildman–Crippen MR) is 56.3 cm³/mol. The molecule has 0 bridgehead atoms. The largest absolute Gasteiger partial charge is 0.510 e. The molecule has 0 N–H and O–H groups in total. The summed E-state index contributed by atoms with van der Waals surface area (Å²) in [6, 6.07) is 9.37. The van der Waals surface area contributed by atoms with Gasteiger partial charge in [0, 0.05) is 7.11 Å². The first-order valence-corrected chi connectivity index (χ1v) is 4.15. The number of methoxy groups -OCH3 is 1. The lowest BCUT2D eigenvalue weighted by Gasteiger charge is -2.04. The summed E-state index contributed by atoms with van der Waals surface area (Å²) in [6.07, 6.45) is -0.726. The molecule has 0 aliphatic carbocycles. The molecular formula is C11H16O4. The minimum absolute atomic E-state index is 0. The van der Waals surface area contributed by atoms with Crippen LogP contribution in [0.5, 0.6) is 0 Å². The van der Waals surface area contributed by atoms with E-state index in [1.807, 2.05) is 30.3 Å². The van der Waals surface area contributed by atoms with Crippen LogP contribution >= 0.6 is 0 Å². The zero-order chi connectivity index (χ0) is 10.2. The van der Waals surface area contributed by atoms with Crippen LogP contribution in [0.25, 0.3) is 0 Å². The molecule has 1 aromatic rings. The van der Waals surface area contributed by atoms with Crippen LogP contribution in [0.15, 0.2) is 30.3 Å². The van der Waals surface area contributed by atoms with Crippen molar-refractivity contribution < 1.29 is 19.0 Å². The normalized spacial score (nSPS) is 8.87. The van der Waals surface area contributed by atoms with Gasteiger partial charge in [0.25, 0.3) is 0 Å². The third-order valence-electron chi connectivity index (χ3n) is 1.49. The first-order valence-electron chi connectivity index (χ1n) is 4.15. The van der Waals surface area contributed by atoms with Crippen molar-refractivity contribution in [3.63, 3.8) is 0 Å². The third-order valence-corrected chi connectivity index (χ3v) is 1.49. The van der Waals surface area contributed by atoms with E-state index >= 15 is 0 Å². The van der Waals surface area contributed by atoms with Crippen LogP contribution in [-0.2, 0) is 20.8 Å². The molecule has 0 heterocycles. The van der Waals surface area contributed by atoms with Gasteiger partial charge < -0.3 is 14.2 Å². The van der Waals surface area contributed by atoms with Crippen LogP contribution in [0.2, 0.25) is 0 Å². The van der Waals surface area contributed by atoms with E-state index in [0.29, 0.717) is 0 Å². The number of ether oxygens (including phenoxy) is 3. The average Bonchev–Trinajstić information content (AvgIpc) is 2.25. The molecule has 0 amide bonds. The minimum Gasteiger partial charge on any atom is -0.429 e. The van der Waals surface area contributed by atoms with Crippen LogP contribution in [0.1, 0.15) is 13.0 Å². The van der Waals surface area contributed by atoms with Gasteiger partial charge in [-0.25, -0.2) is 4.79 Å². The van der Waals surface area contributed by atoms with Crippen LogP contribution in [0, 0.1) is 0 Å². The molecule has 0 saturated carbocycles. The number of benzene rings is 1. The molecule has 84 valence electrons. The fraction of sp³-hybridized carbons (Fsp3) is 0.364. The van der Waals surface area contributed by atoms with Gasteiger partial charge in [0.05, 0.1) is 0 Å². The highest BCUT2D eigenvalue weighted by molar-refractivity contribution is 5.59. The Labute approximate surface area is 89.8 Å². The van der Waals surface area contributed by atoms with Gasteiger partial charge >= 0.3 is 6.16 Å². The maximum Gasteiger partial charge on any atom is 0.510 e. The summed E-state index contributed by atoms with van der Waals surface area (Å²) >= 11 is 0. The van der Waals surface area contributed by atoms with E-state index in [4.69, 9.17) is 4.74 Å². The molecule has 0 aliphatic rings. The first-order chi connectivity index (χ1) is 6.83. The van der Waals surface area contributed by atoms with E-state index < -0.39 is 6.16 Å². The Hall–Kier alpha value is -1.55. The molecule has 0 aromatic heterocycles. The fourth-order valence-corrected chi connectivity index (χ4v) is 0.865. The van der Waals surface area contributed by atoms with Crippen molar-refractivity contribution in [1.29, 1.82) is 0 Å². The van der Waals surface area contributed by atoms with Crippen LogP contribution in [0.4, 0.5) is 4.79 Å². The van der Waals surface area contributed by atoms with Gasteiger partial charge in [-0.2, -0.15) is 0 Å². The number of hydrogen-bond donors (Lipinski definition) is 0. The Morgan fingerprint density at radius 2 is 1.87 bits per heavy atom. The Kier molecular flexibility index (Phi) is 7.01. The number of carbonyl (C=O) groups excluding carboxylic acids is 1. The summed E-state index contributed by atoms with van der Waals surface area (Å²) in [6.45, 7) is 0.122. The molecule has 0 unspecified atom stereocenters. The molecule has 4 heteroatoms. The lowest BCUT2D eigenvalue weighted by atomic mass is 10.2. The van der Waals surface area contributed by atoms with Crippen molar-refractivity contribution in [2.24, 2.45) is 0 Å². The third kappa shape index (κ3) is 5.70. The molecule has 1 rings (SSSR count). The second-order valence-corrected chi connectivity index (χ2v) is 2.58. The van der Waals surface area contributed by atoms with Crippen molar-refractivity contribution in [2.45, 2.75) is 14.0 Å². The van der Waals surface area contributed by atoms with E-state index in [1.165, 1.54) is 7.11 Å². The summed E-state index contributed by atoms with van der Waals surface area (Å²) in [5, 5.41) is 0. The lowest BCUT2D eigenvalue weighted by Crippen LogP contribution is -2.09. The van der Waals surface area contributed by atoms with E-state index in [1.54, 1.807) is 0 Å². The van der Waals surface area contributed by atoms with E-state index in [9.17, 15) is 4.79 Å². The van der Waals surface area contributed by atoms with Crippen LogP contribution in [0.3, 0.4) is 0 Å². The van der Waals surface area contributed by atoms with E-state index in [2.05, 4.69) is 9.47 Å².